The van der Waals surface area contributed by atoms with E-state index in [2.05, 4.69) is 0 Å². The van der Waals surface area contributed by atoms with Crippen molar-refractivity contribution in [1.29, 1.82) is 0 Å². The molecule has 3 aromatic carbocycles. The second-order valence-electron chi connectivity index (χ2n) is 9.60. The highest BCUT2D eigenvalue weighted by molar-refractivity contribution is 5.55. The van der Waals surface area contributed by atoms with Gasteiger partial charge in [-0.15, -0.1) is 0 Å². The van der Waals surface area contributed by atoms with Gasteiger partial charge < -0.3 is 28.3 Å². The van der Waals surface area contributed by atoms with Crippen LogP contribution in [-0.4, -0.2) is 25.9 Å². The Morgan fingerprint density at radius 3 is 2.32 bits per heavy atom. The van der Waals surface area contributed by atoms with E-state index in [9.17, 15) is 4.79 Å². The fourth-order valence-corrected chi connectivity index (χ4v) is 5.45. The van der Waals surface area contributed by atoms with Gasteiger partial charge in [-0.25, -0.2) is 0 Å². The summed E-state index contributed by atoms with van der Waals surface area (Å²) in [4.78, 5) is 14.1. The minimum absolute atomic E-state index is 0.139. The van der Waals surface area contributed by atoms with Gasteiger partial charge in [-0.1, -0.05) is 30.3 Å². The minimum atomic E-state index is -1.12. The molecule has 2 atom stereocenters. The van der Waals surface area contributed by atoms with Crippen molar-refractivity contribution >= 4 is 0 Å². The summed E-state index contributed by atoms with van der Waals surface area (Å²) in [6, 6.07) is 23.4. The van der Waals surface area contributed by atoms with Crippen LogP contribution in [0.1, 0.15) is 39.6 Å². The highest BCUT2D eigenvalue weighted by Crippen LogP contribution is 2.53. The normalized spacial score (nSPS) is 19.1. The van der Waals surface area contributed by atoms with Crippen molar-refractivity contribution in [3.05, 3.63) is 117 Å². The Morgan fingerprint density at radius 2 is 1.63 bits per heavy atom. The molecule has 38 heavy (non-hydrogen) atoms. The van der Waals surface area contributed by atoms with Crippen molar-refractivity contribution < 1.29 is 23.7 Å². The van der Waals surface area contributed by atoms with Crippen molar-refractivity contribution in [1.82, 2.24) is 4.57 Å². The molecule has 2 aliphatic heterocycles. The van der Waals surface area contributed by atoms with Crippen molar-refractivity contribution in [2.24, 2.45) is 0 Å². The Morgan fingerprint density at radius 1 is 0.921 bits per heavy atom. The zero-order chi connectivity index (χ0) is 26.4. The highest BCUT2D eigenvalue weighted by atomic mass is 16.7. The van der Waals surface area contributed by atoms with Gasteiger partial charge in [0, 0.05) is 23.7 Å². The third-order valence-corrected chi connectivity index (χ3v) is 7.42. The lowest BCUT2D eigenvalue weighted by Gasteiger charge is -2.46. The summed E-state index contributed by atoms with van der Waals surface area (Å²) in [5.74, 6) is 1.34. The number of aromatic nitrogens is 1. The molecule has 6 rings (SSSR count). The summed E-state index contributed by atoms with van der Waals surface area (Å²) in [7, 11) is 4.84. The zero-order valence-electron chi connectivity index (χ0n) is 21.8. The summed E-state index contributed by atoms with van der Waals surface area (Å²) in [5.41, 5.74) is 4.86. The molecule has 0 aliphatic carbocycles. The molecule has 0 fully saturated rings. The summed E-state index contributed by atoms with van der Waals surface area (Å²) >= 11 is 0. The first-order chi connectivity index (χ1) is 18.5. The Kier molecular flexibility index (Phi) is 5.88. The first kappa shape index (κ1) is 24.1. The quantitative estimate of drug-likeness (QED) is 0.357. The molecule has 2 aliphatic rings. The van der Waals surface area contributed by atoms with Crippen LogP contribution < -0.4 is 24.5 Å². The fraction of sp³-hybridized carbons (Fsp3) is 0.258. The number of hydrogen-bond acceptors (Lipinski definition) is 6. The molecule has 4 aromatic rings. The summed E-state index contributed by atoms with van der Waals surface area (Å²) in [5, 5.41) is 0. The van der Waals surface area contributed by atoms with Crippen LogP contribution >= 0.6 is 0 Å². The molecule has 0 unspecified atom stereocenters. The van der Waals surface area contributed by atoms with Gasteiger partial charge in [0.15, 0.2) is 11.5 Å². The maximum Gasteiger partial charge on any atom is 0.261 e. The van der Waals surface area contributed by atoms with Crippen molar-refractivity contribution in [2.75, 3.05) is 21.3 Å². The molecule has 0 N–H and O–H groups in total. The predicted molar refractivity (Wildman–Crippen MR) is 142 cm³/mol. The van der Waals surface area contributed by atoms with Gasteiger partial charge in [0.25, 0.3) is 5.56 Å². The van der Waals surface area contributed by atoms with E-state index in [-0.39, 0.29) is 5.56 Å². The lowest BCUT2D eigenvalue weighted by Crippen LogP contribution is -2.48. The Labute approximate surface area is 221 Å². The molecule has 0 radical (unpaired) electrons. The van der Waals surface area contributed by atoms with Gasteiger partial charge in [-0.2, -0.15) is 0 Å². The lowest BCUT2D eigenvalue weighted by molar-refractivity contribution is -0.237. The van der Waals surface area contributed by atoms with Crippen LogP contribution in [0.25, 0.3) is 0 Å². The summed E-state index contributed by atoms with van der Waals surface area (Å²) in [6.45, 7) is 2.38. The van der Waals surface area contributed by atoms with Crippen LogP contribution in [0.4, 0.5) is 0 Å². The zero-order valence-corrected chi connectivity index (χ0v) is 21.8. The second-order valence-corrected chi connectivity index (χ2v) is 9.60. The standard InChI is InChI=1S/C31H29NO6/c1-19-14-27-28(30(33)32(19)18-20-8-6-5-7-9-20)29-24-16-26(36-4)25(35-3)15-21(24)17-31(37-27,38-29)22-10-12-23(34-2)13-11-22/h5-16,29H,17-18H2,1-4H3/t29-,31-/m0/s1. The Hall–Kier alpha value is -4.23. The predicted octanol–water partition coefficient (Wildman–Crippen LogP) is 5.14. The van der Waals surface area contributed by atoms with E-state index in [1.165, 1.54) is 0 Å². The fourth-order valence-electron chi connectivity index (χ4n) is 5.45. The monoisotopic (exact) mass is 511 g/mol. The van der Waals surface area contributed by atoms with Crippen LogP contribution in [0.2, 0.25) is 0 Å². The summed E-state index contributed by atoms with van der Waals surface area (Å²) < 4.78 is 31.7. The van der Waals surface area contributed by atoms with E-state index < -0.39 is 11.9 Å². The van der Waals surface area contributed by atoms with Gasteiger partial charge >= 0.3 is 0 Å². The van der Waals surface area contributed by atoms with Crippen molar-refractivity contribution in [3.63, 3.8) is 0 Å². The Balaban J connectivity index is 1.56. The minimum Gasteiger partial charge on any atom is -0.497 e. The van der Waals surface area contributed by atoms with Crippen LogP contribution in [0.3, 0.4) is 0 Å². The topological polar surface area (TPSA) is 68.2 Å². The first-order valence-electron chi connectivity index (χ1n) is 12.5. The molecule has 1 aromatic heterocycles. The number of methoxy groups -OCH3 is 3. The Bertz CT molecular complexity index is 1560. The van der Waals surface area contributed by atoms with Crippen LogP contribution in [0.5, 0.6) is 23.0 Å². The number of pyridine rings is 1. The maximum absolute atomic E-state index is 14.1. The second kappa shape index (κ2) is 9.26. The van der Waals surface area contributed by atoms with E-state index >= 15 is 0 Å². The van der Waals surface area contributed by atoms with E-state index in [4.69, 9.17) is 23.7 Å². The van der Waals surface area contributed by atoms with E-state index in [0.29, 0.717) is 35.8 Å². The lowest BCUT2D eigenvalue weighted by atomic mass is 9.84. The van der Waals surface area contributed by atoms with Gasteiger partial charge in [0.05, 0.1) is 33.4 Å². The van der Waals surface area contributed by atoms with Crippen molar-refractivity contribution in [3.8, 4) is 23.0 Å². The third kappa shape index (κ3) is 3.82. The molecule has 0 spiro atoms. The molecule has 0 saturated carbocycles. The molecule has 0 saturated heterocycles. The molecule has 0 amide bonds. The van der Waals surface area contributed by atoms with Crippen LogP contribution in [0.15, 0.2) is 77.6 Å². The average molecular weight is 512 g/mol. The molecule has 7 heteroatoms. The van der Waals surface area contributed by atoms with Gasteiger partial charge in [0.2, 0.25) is 5.79 Å². The molecule has 3 heterocycles. The molecule has 2 bridgehead atoms. The maximum atomic E-state index is 14.1. The smallest absolute Gasteiger partial charge is 0.261 e. The number of fused-ring (bicyclic) bond motifs is 6. The third-order valence-electron chi connectivity index (χ3n) is 7.42. The number of benzene rings is 3. The van der Waals surface area contributed by atoms with Crippen LogP contribution in [-0.2, 0) is 23.5 Å². The van der Waals surface area contributed by atoms with Gasteiger partial charge in [-0.05, 0) is 60.0 Å². The van der Waals surface area contributed by atoms with Gasteiger partial charge in [0.1, 0.15) is 17.6 Å². The number of nitrogens with zero attached hydrogens (tertiary/aromatic N) is 1. The van der Waals surface area contributed by atoms with Gasteiger partial charge in [-0.3, -0.25) is 4.79 Å². The number of hydrogen-bond donors (Lipinski definition) is 0. The van der Waals surface area contributed by atoms with E-state index in [1.54, 1.807) is 25.9 Å². The number of aryl methyl sites for hydroxylation is 1. The molecular formula is C31H29NO6. The molecule has 7 nitrogen and oxygen atoms in total. The summed E-state index contributed by atoms with van der Waals surface area (Å²) in [6.07, 6.45) is -0.226. The van der Waals surface area contributed by atoms with E-state index in [0.717, 1.165) is 33.7 Å². The molecule has 194 valence electrons. The first-order valence-corrected chi connectivity index (χ1v) is 12.5. The SMILES string of the molecule is COc1ccc([C@]23Cc4cc(OC)c(OC)cc4[C@H](O2)c2c(cc(C)n(Cc4ccccc4)c2=O)O3)cc1. The highest BCUT2D eigenvalue weighted by Gasteiger charge is 2.50. The average Bonchev–Trinajstić information content (AvgIpc) is 2.95. The molecular weight excluding hydrogens is 482 g/mol. The van der Waals surface area contributed by atoms with Crippen LogP contribution in [0, 0.1) is 6.92 Å². The largest absolute Gasteiger partial charge is 0.497 e. The number of ether oxygens (including phenoxy) is 5. The number of rotatable bonds is 6. The van der Waals surface area contributed by atoms with Crippen molar-refractivity contribution in [2.45, 2.75) is 31.8 Å². The van der Waals surface area contributed by atoms with E-state index in [1.807, 2.05) is 79.7 Å².